The average molecular weight is 216 g/mol. The van der Waals surface area contributed by atoms with Crippen LogP contribution in [0.25, 0.3) is 0 Å². The summed E-state index contributed by atoms with van der Waals surface area (Å²) in [6.07, 6.45) is 6.16. The highest BCUT2D eigenvalue weighted by Crippen LogP contribution is 2.16. The quantitative estimate of drug-likeness (QED) is 0.376. The van der Waals surface area contributed by atoms with Crippen LogP contribution in [0, 0.1) is 0 Å². The molecule has 0 N–H and O–H groups in total. The molecule has 0 aromatic carbocycles. The van der Waals surface area contributed by atoms with E-state index in [2.05, 4.69) is 29.7 Å². The van der Waals surface area contributed by atoms with Crippen molar-refractivity contribution < 1.29 is 0 Å². The van der Waals surface area contributed by atoms with E-state index >= 15 is 0 Å². The molecule has 0 radical (unpaired) electrons. The molecule has 0 saturated carbocycles. The standard InChI is InChI=1S/C14H20N2/c1-7-10-13(12(6)8-2)14(15-9-3)16-11(4)5/h7,9-10H,1,4,6,8H2,2-3,5H3/b13-10+,15-9?,16-14?. The molecule has 0 aromatic rings. The first-order chi connectivity index (χ1) is 7.56. The Labute approximate surface area is 98.5 Å². The van der Waals surface area contributed by atoms with Crippen molar-refractivity contribution in [1.82, 2.24) is 0 Å². The Hall–Kier alpha value is -1.70. The summed E-state index contributed by atoms with van der Waals surface area (Å²) in [6, 6.07) is 0. The maximum atomic E-state index is 4.30. The van der Waals surface area contributed by atoms with E-state index in [1.54, 1.807) is 12.3 Å². The molecule has 0 fully saturated rings. The Kier molecular flexibility index (Phi) is 6.77. The van der Waals surface area contributed by atoms with E-state index < -0.39 is 0 Å². The first-order valence-electron chi connectivity index (χ1n) is 5.30. The van der Waals surface area contributed by atoms with Gasteiger partial charge in [-0.1, -0.05) is 38.8 Å². The van der Waals surface area contributed by atoms with Gasteiger partial charge in [0.25, 0.3) is 0 Å². The van der Waals surface area contributed by atoms with E-state index in [1.807, 2.05) is 26.8 Å². The normalized spacial score (nSPS) is 12.9. The van der Waals surface area contributed by atoms with Crippen LogP contribution in [0.5, 0.6) is 0 Å². The van der Waals surface area contributed by atoms with Crippen molar-refractivity contribution >= 4 is 12.1 Å². The van der Waals surface area contributed by atoms with Crippen molar-refractivity contribution in [1.29, 1.82) is 0 Å². The molecule has 2 heteroatoms. The summed E-state index contributed by atoms with van der Waals surface area (Å²) in [4.78, 5) is 8.54. The second kappa shape index (κ2) is 7.57. The molecule has 0 spiro atoms. The zero-order valence-corrected chi connectivity index (χ0v) is 10.5. The molecule has 86 valence electrons. The lowest BCUT2D eigenvalue weighted by Crippen LogP contribution is -2.02. The summed E-state index contributed by atoms with van der Waals surface area (Å²) in [7, 11) is 0. The molecule has 0 bridgehead atoms. The summed E-state index contributed by atoms with van der Waals surface area (Å²) >= 11 is 0. The molecule has 0 heterocycles. The largest absolute Gasteiger partial charge is 0.241 e. The van der Waals surface area contributed by atoms with Crippen LogP contribution in [0.3, 0.4) is 0 Å². The number of aliphatic imine (C=N–C) groups is 2. The number of allylic oxidation sites excluding steroid dienone is 3. The third-order valence-electron chi connectivity index (χ3n) is 1.88. The van der Waals surface area contributed by atoms with Gasteiger partial charge in [-0.2, -0.15) is 0 Å². The maximum absolute atomic E-state index is 4.30. The van der Waals surface area contributed by atoms with Gasteiger partial charge in [-0.3, -0.25) is 0 Å². The molecule has 0 aliphatic rings. The predicted molar refractivity (Wildman–Crippen MR) is 74.1 cm³/mol. The van der Waals surface area contributed by atoms with Crippen LogP contribution < -0.4 is 0 Å². The Morgan fingerprint density at radius 1 is 1.31 bits per heavy atom. The zero-order valence-electron chi connectivity index (χ0n) is 10.5. The maximum Gasteiger partial charge on any atom is 0.159 e. The first kappa shape index (κ1) is 14.3. The molecule has 0 saturated heterocycles. The monoisotopic (exact) mass is 216 g/mol. The van der Waals surface area contributed by atoms with Crippen LogP contribution in [0.2, 0.25) is 0 Å². The van der Waals surface area contributed by atoms with E-state index in [1.165, 1.54) is 0 Å². The van der Waals surface area contributed by atoms with Crippen molar-refractivity contribution in [2.75, 3.05) is 0 Å². The first-order valence-corrected chi connectivity index (χ1v) is 5.30. The van der Waals surface area contributed by atoms with Crippen LogP contribution in [-0.4, -0.2) is 12.1 Å². The lowest BCUT2D eigenvalue weighted by molar-refractivity contribution is 1.13. The minimum absolute atomic E-state index is 0.641. The van der Waals surface area contributed by atoms with Gasteiger partial charge >= 0.3 is 0 Å². The van der Waals surface area contributed by atoms with Gasteiger partial charge in [0, 0.05) is 17.5 Å². The molecule has 0 aliphatic carbocycles. The topological polar surface area (TPSA) is 24.7 Å². The molecular formula is C14H20N2. The van der Waals surface area contributed by atoms with Gasteiger partial charge < -0.3 is 0 Å². The molecule has 0 aliphatic heterocycles. The van der Waals surface area contributed by atoms with E-state index in [4.69, 9.17) is 0 Å². The van der Waals surface area contributed by atoms with Crippen LogP contribution in [0.4, 0.5) is 0 Å². The smallest absolute Gasteiger partial charge is 0.159 e. The van der Waals surface area contributed by atoms with Gasteiger partial charge in [0.2, 0.25) is 0 Å². The van der Waals surface area contributed by atoms with E-state index in [0.29, 0.717) is 5.84 Å². The summed E-state index contributed by atoms with van der Waals surface area (Å²) in [6.45, 7) is 17.2. The van der Waals surface area contributed by atoms with Crippen molar-refractivity contribution in [2.24, 2.45) is 9.98 Å². The van der Waals surface area contributed by atoms with Crippen LogP contribution in [0.1, 0.15) is 27.2 Å². The highest BCUT2D eigenvalue weighted by Gasteiger charge is 2.07. The Morgan fingerprint density at radius 3 is 2.31 bits per heavy atom. The van der Waals surface area contributed by atoms with Gasteiger partial charge in [0.05, 0.1) is 0 Å². The van der Waals surface area contributed by atoms with Crippen LogP contribution in [0.15, 0.2) is 58.7 Å². The minimum Gasteiger partial charge on any atom is -0.241 e. The summed E-state index contributed by atoms with van der Waals surface area (Å²) in [5.41, 5.74) is 2.63. The lowest BCUT2D eigenvalue weighted by Gasteiger charge is -2.08. The zero-order chi connectivity index (χ0) is 12.6. The highest BCUT2D eigenvalue weighted by molar-refractivity contribution is 6.06. The predicted octanol–water partition coefficient (Wildman–Crippen LogP) is 4.09. The molecule has 16 heavy (non-hydrogen) atoms. The number of hydrogen-bond acceptors (Lipinski definition) is 1. The van der Waals surface area contributed by atoms with E-state index in [9.17, 15) is 0 Å². The molecular weight excluding hydrogens is 196 g/mol. The second-order valence-electron chi connectivity index (χ2n) is 3.33. The Bertz CT molecular complexity index is 368. The van der Waals surface area contributed by atoms with Crippen LogP contribution in [-0.2, 0) is 0 Å². The second-order valence-corrected chi connectivity index (χ2v) is 3.33. The molecule has 2 nitrogen and oxygen atoms in total. The van der Waals surface area contributed by atoms with Gasteiger partial charge in [-0.15, -0.1) is 0 Å². The van der Waals surface area contributed by atoms with Gasteiger partial charge in [-0.05, 0) is 25.8 Å². The lowest BCUT2D eigenvalue weighted by atomic mass is 10.0. The number of rotatable bonds is 5. The molecule has 0 aromatic heterocycles. The third-order valence-corrected chi connectivity index (χ3v) is 1.88. The molecule has 0 unspecified atom stereocenters. The molecule has 0 atom stereocenters. The SMILES string of the molecule is C=C/C=C(\C(=C)CC)C(N=CC)=NC(=C)C. The highest BCUT2D eigenvalue weighted by atomic mass is 14.9. The molecule has 0 amide bonds. The summed E-state index contributed by atoms with van der Waals surface area (Å²) < 4.78 is 0. The van der Waals surface area contributed by atoms with E-state index in [0.717, 1.165) is 23.3 Å². The van der Waals surface area contributed by atoms with Crippen LogP contribution >= 0.6 is 0 Å². The van der Waals surface area contributed by atoms with Crippen molar-refractivity contribution in [3.8, 4) is 0 Å². The number of amidine groups is 1. The Morgan fingerprint density at radius 2 is 1.94 bits per heavy atom. The molecule has 0 rings (SSSR count). The van der Waals surface area contributed by atoms with E-state index in [-0.39, 0.29) is 0 Å². The van der Waals surface area contributed by atoms with Crippen molar-refractivity contribution in [2.45, 2.75) is 27.2 Å². The van der Waals surface area contributed by atoms with Crippen molar-refractivity contribution in [3.63, 3.8) is 0 Å². The van der Waals surface area contributed by atoms with Gasteiger partial charge in [0.15, 0.2) is 5.84 Å². The fourth-order valence-electron chi connectivity index (χ4n) is 1.12. The van der Waals surface area contributed by atoms with Crippen molar-refractivity contribution in [3.05, 3.63) is 48.7 Å². The Balaban J connectivity index is 5.45. The van der Waals surface area contributed by atoms with Gasteiger partial charge in [0.1, 0.15) is 0 Å². The minimum atomic E-state index is 0.641. The fourth-order valence-corrected chi connectivity index (χ4v) is 1.12. The summed E-state index contributed by atoms with van der Waals surface area (Å²) in [5, 5.41) is 0. The van der Waals surface area contributed by atoms with Gasteiger partial charge in [-0.25, -0.2) is 9.98 Å². The summed E-state index contributed by atoms with van der Waals surface area (Å²) in [5.74, 6) is 0.641. The third kappa shape index (κ3) is 4.69. The number of hydrogen-bond donors (Lipinski definition) is 0. The number of nitrogens with zero attached hydrogens (tertiary/aromatic N) is 2. The average Bonchev–Trinajstić information content (AvgIpc) is 2.23. The fraction of sp³-hybridized carbons (Fsp3) is 0.286.